The Labute approximate surface area is 53.9 Å². The monoisotopic (exact) mass is 130 g/mol. The molecule has 3 heteroatoms. The Kier molecular flexibility index (Phi) is 1.22. The molecule has 0 aromatic heterocycles. The van der Waals surface area contributed by atoms with Crippen molar-refractivity contribution in [2.24, 2.45) is 0 Å². The summed E-state index contributed by atoms with van der Waals surface area (Å²) in [5.41, 5.74) is 0. The van der Waals surface area contributed by atoms with Crippen LogP contribution in [0.3, 0.4) is 0 Å². The maximum Gasteiger partial charge on any atom is 0.171 e. The zero-order valence-corrected chi connectivity index (χ0v) is 5.26. The molecule has 1 spiro atoms. The lowest BCUT2D eigenvalue weighted by Gasteiger charge is -2.10. The second kappa shape index (κ2) is 1.94. The first-order valence-corrected chi connectivity index (χ1v) is 3.27. The number of rotatable bonds is 0. The van der Waals surface area contributed by atoms with Gasteiger partial charge in [0.2, 0.25) is 0 Å². The summed E-state index contributed by atoms with van der Waals surface area (Å²) >= 11 is 0. The maximum absolute atomic E-state index is 5.35. The van der Waals surface area contributed by atoms with E-state index in [0.717, 1.165) is 12.8 Å². The summed E-state index contributed by atoms with van der Waals surface area (Å²) in [5, 5.41) is 0. The van der Waals surface area contributed by atoms with Gasteiger partial charge >= 0.3 is 0 Å². The molecule has 2 fully saturated rings. The van der Waals surface area contributed by atoms with Gasteiger partial charge in [0.25, 0.3) is 0 Å². The van der Waals surface area contributed by atoms with Crippen LogP contribution in [0.1, 0.15) is 12.8 Å². The Morgan fingerprint density at radius 3 is 2.67 bits per heavy atom. The van der Waals surface area contributed by atoms with Crippen molar-refractivity contribution in [1.82, 2.24) is 0 Å². The highest BCUT2D eigenvalue weighted by atomic mass is 16.8. The van der Waals surface area contributed by atoms with Gasteiger partial charge in [-0.1, -0.05) is 0 Å². The van der Waals surface area contributed by atoms with Crippen molar-refractivity contribution in [2.45, 2.75) is 18.6 Å². The average Bonchev–Trinajstić information content (AvgIpc) is 2.64. The van der Waals surface area contributed by atoms with Crippen molar-refractivity contribution in [3.05, 3.63) is 0 Å². The van der Waals surface area contributed by atoms with Gasteiger partial charge in [0.1, 0.15) is 6.79 Å². The summed E-state index contributed by atoms with van der Waals surface area (Å²) in [7, 11) is 0. The van der Waals surface area contributed by atoms with E-state index in [2.05, 4.69) is 0 Å². The fourth-order valence-corrected chi connectivity index (χ4v) is 0.927. The normalized spacial score (nSPS) is 32.0. The third-order valence-electron chi connectivity index (χ3n) is 1.66. The summed E-state index contributed by atoms with van der Waals surface area (Å²) < 4.78 is 15.6. The predicted octanol–water partition coefficient (Wildman–Crippen LogP) is 0.497. The van der Waals surface area contributed by atoms with Crippen molar-refractivity contribution >= 4 is 0 Å². The summed E-state index contributed by atoms with van der Waals surface area (Å²) in [6.07, 6.45) is 2.08. The van der Waals surface area contributed by atoms with E-state index in [0.29, 0.717) is 20.0 Å². The first kappa shape index (κ1) is 5.65. The highest BCUT2D eigenvalue weighted by Crippen LogP contribution is 2.41. The molecule has 3 nitrogen and oxygen atoms in total. The van der Waals surface area contributed by atoms with Gasteiger partial charge in [-0.25, -0.2) is 0 Å². The molecule has 1 saturated heterocycles. The minimum Gasteiger partial charge on any atom is -0.353 e. The molecule has 0 aromatic carbocycles. The van der Waals surface area contributed by atoms with E-state index in [1.807, 2.05) is 0 Å². The van der Waals surface area contributed by atoms with Crippen LogP contribution in [0.15, 0.2) is 0 Å². The van der Waals surface area contributed by atoms with Gasteiger partial charge in [-0.05, 0) is 0 Å². The fraction of sp³-hybridized carbons (Fsp3) is 1.00. The van der Waals surface area contributed by atoms with Crippen LogP contribution in [0.2, 0.25) is 0 Å². The van der Waals surface area contributed by atoms with Gasteiger partial charge in [0.05, 0.1) is 13.2 Å². The highest BCUT2D eigenvalue weighted by molar-refractivity contribution is 4.86. The van der Waals surface area contributed by atoms with Gasteiger partial charge in [-0.15, -0.1) is 0 Å². The predicted molar refractivity (Wildman–Crippen MR) is 29.8 cm³/mol. The zero-order valence-electron chi connectivity index (χ0n) is 5.26. The third-order valence-corrected chi connectivity index (χ3v) is 1.66. The molecule has 1 aliphatic carbocycles. The van der Waals surface area contributed by atoms with Gasteiger partial charge in [0.15, 0.2) is 5.79 Å². The SMILES string of the molecule is C1COC2(CC2)OCO1. The molecule has 1 aliphatic heterocycles. The summed E-state index contributed by atoms with van der Waals surface area (Å²) in [6.45, 7) is 1.75. The Morgan fingerprint density at radius 1 is 1.00 bits per heavy atom. The lowest BCUT2D eigenvalue weighted by Crippen LogP contribution is -2.16. The lowest BCUT2D eigenvalue weighted by atomic mass is 10.7. The Balaban J connectivity index is 1.92. The minimum atomic E-state index is -0.212. The quantitative estimate of drug-likeness (QED) is 0.478. The van der Waals surface area contributed by atoms with E-state index in [9.17, 15) is 0 Å². The molecule has 1 heterocycles. The highest BCUT2D eigenvalue weighted by Gasteiger charge is 2.46. The number of hydrogen-bond donors (Lipinski definition) is 0. The van der Waals surface area contributed by atoms with E-state index in [4.69, 9.17) is 14.2 Å². The Morgan fingerprint density at radius 2 is 1.89 bits per heavy atom. The number of ether oxygens (including phenoxy) is 3. The second-order valence-corrected chi connectivity index (χ2v) is 2.43. The number of hydrogen-bond acceptors (Lipinski definition) is 3. The van der Waals surface area contributed by atoms with Gasteiger partial charge in [-0.2, -0.15) is 0 Å². The van der Waals surface area contributed by atoms with Crippen molar-refractivity contribution in [2.75, 3.05) is 20.0 Å². The van der Waals surface area contributed by atoms with Crippen LogP contribution in [0.5, 0.6) is 0 Å². The topological polar surface area (TPSA) is 27.7 Å². The fourth-order valence-electron chi connectivity index (χ4n) is 0.927. The second-order valence-electron chi connectivity index (χ2n) is 2.43. The minimum absolute atomic E-state index is 0.212. The smallest absolute Gasteiger partial charge is 0.171 e. The molecule has 0 unspecified atom stereocenters. The van der Waals surface area contributed by atoms with E-state index in [1.165, 1.54) is 0 Å². The van der Waals surface area contributed by atoms with Crippen LogP contribution in [-0.4, -0.2) is 25.8 Å². The Bertz CT molecular complexity index is 98.9. The van der Waals surface area contributed by atoms with Crippen LogP contribution >= 0.6 is 0 Å². The maximum atomic E-state index is 5.35. The van der Waals surface area contributed by atoms with Crippen LogP contribution in [0, 0.1) is 0 Å². The van der Waals surface area contributed by atoms with E-state index in [1.54, 1.807) is 0 Å². The summed E-state index contributed by atoms with van der Waals surface area (Å²) in [5.74, 6) is -0.212. The van der Waals surface area contributed by atoms with Crippen LogP contribution in [-0.2, 0) is 14.2 Å². The lowest BCUT2D eigenvalue weighted by molar-refractivity contribution is -0.173. The van der Waals surface area contributed by atoms with E-state index in [-0.39, 0.29) is 5.79 Å². The average molecular weight is 130 g/mol. The molecular weight excluding hydrogens is 120 g/mol. The Hall–Kier alpha value is -0.120. The van der Waals surface area contributed by atoms with Crippen LogP contribution in [0.25, 0.3) is 0 Å². The van der Waals surface area contributed by atoms with Crippen LogP contribution < -0.4 is 0 Å². The van der Waals surface area contributed by atoms with Crippen LogP contribution in [0.4, 0.5) is 0 Å². The third kappa shape index (κ3) is 1.08. The zero-order chi connectivity index (χ0) is 6.16. The molecule has 0 radical (unpaired) electrons. The van der Waals surface area contributed by atoms with Gasteiger partial charge in [0, 0.05) is 12.8 Å². The van der Waals surface area contributed by atoms with Gasteiger partial charge in [-0.3, -0.25) is 0 Å². The van der Waals surface area contributed by atoms with E-state index >= 15 is 0 Å². The molecule has 2 aliphatic rings. The molecule has 0 bridgehead atoms. The molecule has 9 heavy (non-hydrogen) atoms. The molecule has 0 N–H and O–H groups in total. The standard InChI is InChI=1S/C6H10O3/c1-2-6(1)8-4-3-7-5-9-6/h1-5H2. The first-order chi connectivity index (χ1) is 4.41. The molecule has 2 rings (SSSR count). The summed E-state index contributed by atoms with van der Waals surface area (Å²) in [6, 6.07) is 0. The molecule has 0 amide bonds. The molecule has 0 atom stereocenters. The van der Waals surface area contributed by atoms with Gasteiger partial charge < -0.3 is 14.2 Å². The molecular formula is C6H10O3. The molecule has 0 aromatic rings. The van der Waals surface area contributed by atoms with Crippen molar-refractivity contribution < 1.29 is 14.2 Å². The van der Waals surface area contributed by atoms with E-state index < -0.39 is 0 Å². The van der Waals surface area contributed by atoms with Crippen molar-refractivity contribution in [1.29, 1.82) is 0 Å². The van der Waals surface area contributed by atoms with Crippen molar-refractivity contribution in [3.63, 3.8) is 0 Å². The largest absolute Gasteiger partial charge is 0.353 e. The molecule has 1 saturated carbocycles. The molecule has 52 valence electrons. The first-order valence-electron chi connectivity index (χ1n) is 3.27. The summed E-state index contributed by atoms with van der Waals surface area (Å²) in [4.78, 5) is 0. The van der Waals surface area contributed by atoms with Crippen molar-refractivity contribution in [3.8, 4) is 0 Å².